The van der Waals surface area contributed by atoms with E-state index in [0.29, 0.717) is 5.56 Å². The standard InChI is InChI=1S/C13H15N3O3S/c1-16(9-11-3-2-6-14-7-11)20(18,19)13-5-4-12(10-17)8-15-13/h2-8,17H,9-10H2,1H3. The maximum Gasteiger partial charge on any atom is 0.260 e. The fourth-order valence-corrected chi connectivity index (χ4v) is 2.71. The third kappa shape index (κ3) is 3.19. The van der Waals surface area contributed by atoms with Crippen molar-refractivity contribution in [2.24, 2.45) is 0 Å². The van der Waals surface area contributed by atoms with Gasteiger partial charge in [-0.05, 0) is 23.3 Å². The number of aliphatic hydroxyl groups excluding tert-OH is 1. The molecule has 0 aliphatic heterocycles. The molecule has 106 valence electrons. The smallest absolute Gasteiger partial charge is 0.260 e. The van der Waals surface area contributed by atoms with Crippen molar-refractivity contribution in [2.75, 3.05) is 7.05 Å². The molecule has 7 heteroatoms. The van der Waals surface area contributed by atoms with E-state index in [-0.39, 0.29) is 18.2 Å². The second-order valence-electron chi connectivity index (χ2n) is 4.29. The van der Waals surface area contributed by atoms with Crippen LogP contribution in [0, 0.1) is 0 Å². The van der Waals surface area contributed by atoms with Crippen LogP contribution in [0.1, 0.15) is 11.1 Å². The third-order valence-corrected chi connectivity index (χ3v) is 4.50. The van der Waals surface area contributed by atoms with Crippen LogP contribution in [0.5, 0.6) is 0 Å². The lowest BCUT2D eigenvalue weighted by Crippen LogP contribution is -2.27. The molecule has 0 spiro atoms. The van der Waals surface area contributed by atoms with Gasteiger partial charge in [0.25, 0.3) is 10.0 Å². The van der Waals surface area contributed by atoms with Gasteiger partial charge in [0.2, 0.25) is 0 Å². The first-order valence-electron chi connectivity index (χ1n) is 5.95. The highest BCUT2D eigenvalue weighted by molar-refractivity contribution is 7.89. The summed E-state index contributed by atoms with van der Waals surface area (Å²) < 4.78 is 25.8. The SMILES string of the molecule is CN(Cc1cccnc1)S(=O)(=O)c1ccc(CO)cn1. The number of aromatic nitrogens is 2. The van der Waals surface area contributed by atoms with Gasteiger partial charge in [0.05, 0.1) is 6.61 Å². The van der Waals surface area contributed by atoms with Crippen LogP contribution in [0.15, 0.2) is 47.9 Å². The Labute approximate surface area is 117 Å². The first-order chi connectivity index (χ1) is 9.54. The predicted octanol–water partition coefficient (Wildman–Crippen LogP) is 0.790. The van der Waals surface area contributed by atoms with Crippen LogP contribution in [0.2, 0.25) is 0 Å². The number of aliphatic hydroxyl groups is 1. The average molecular weight is 293 g/mol. The van der Waals surface area contributed by atoms with Crippen molar-refractivity contribution >= 4 is 10.0 Å². The fourth-order valence-electron chi connectivity index (χ4n) is 1.65. The number of rotatable bonds is 5. The van der Waals surface area contributed by atoms with Gasteiger partial charge < -0.3 is 5.11 Å². The summed E-state index contributed by atoms with van der Waals surface area (Å²) in [6, 6.07) is 6.49. The average Bonchev–Trinajstić information content (AvgIpc) is 2.48. The number of pyridine rings is 2. The lowest BCUT2D eigenvalue weighted by molar-refractivity contribution is 0.281. The molecule has 2 aromatic heterocycles. The molecule has 20 heavy (non-hydrogen) atoms. The zero-order chi connectivity index (χ0) is 14.6. The van der Waals surface area contributed by atoms with E-state index in [9.17, 15) is 8.42 Å². The van der Waals surface area contributed by atoms with Gasteiger partial charge in [-0.15, -0.1) is 0 Å². The molecule has 0 bridgehead atoms. The second kappa shape index (κ2) is 6.08. The summed E-state index contributed by atoms with van der Waals surface area (Å²) in [5, 5.41) is 8.89. The molecule has 0 aliphatic carbocycles. The van der Waals surface area contributed by atoms with Crippen molar-refractivity contribution < 1.29 is 13.5 Å². The van der Waals surface area contributed by atoms with Crippen LogP contribution in [0.4, 0.5) is 0 Å². The summed E-state index contributed by atoms with van der Waals surface area (Å²) >= 11 is 0. The molecule has 0 amide bonds. The minimum absolute atomic E-state index is 0.0407. The monoisotopic (exact) mass is 293 g/mol. The van der Waals surface area contributed by atoms with Crippen LogP contribution >= 0.6 is 0 Å². The van der Waals surface area contributed by atoms with E-state index in [1.807, 2.05) is 0 Å². The van der Waals surface area contributed by atoms with Gasteiger partial charge in [-0.2, -0.15) is 4.31 Å². The molecule has 0 atom stereocenters. The first-order valence-corrected chi connectivity index (χ1v) is 7.39. The number of sulfonamides is 1. The number of hydrogen-bond donors (Lipinski definition) is 1. The summed E-state index contributed by atoms with van der Waals surface area (Å²) in [6.45, 7) is 0.0540. The Morgan fingerprint density at radius 3 is 2.55 bits per heavy atom. The number of nitrogens with zero attached hydrogens (tertiary/aromatic N) is 3. The minimum atomic E-state index is -3.65. The number of hydrogen-bond acceptors (Lipinski definition) is 5. The van der Waals surface area contributed by atoms with Gasteiger partial charge in [0, 0.05) is 32.2 Å². The highest BCUT2D eigenvalue weighted by Crippen LogP contribution is 2.14. The topological polar surface area (TPSA) is 83.4 Å². The van der Waals surface area contributed by atoms with Crippen LogP contribution in [0.25, 0.3) is 0 Å². The third-order valence-electron chi connectivity index (χ3n) is 2.78. The fraction of sp³-hybridized carbons (Fsp3) is 0.231. The first kappa shape index (κ1) is 14.6. The molecule has 0 fully saturated rings. The second-order valence-corrected chi connectivity index (χ2v) is 6.28. The lowest BCUT2D eigenvalue weighted by atomic mass is 10.3. The zero-order valence-electron chi connectivity index (χ0n) is 11.0. The summed E-state index contributed by atoms with van der Waals surface area (Å²) in [5.41, 5.74) is 1.37. The van der Waals surface area contributed by atoms with Crippen LogP contribution in [-0.2, 0) is 23.2 Å². The summed E-state index contributed by atoms with van der Waals surface area (Å²) in [7, 11) is -2.16. The van der Waals surface area contributed by atoms with Gasteiger partial charge >= 0.3 is 0 Å². The molecule has 0 radical (unpaired) electrons. The van der Waals surface area contributed by atoms with Gasteiger partial charge in [-0.3, -0.25) is 4.98 Å². The van der Waals surface area contributed by atoms with Gasteiger partial charge in [0.1, 0.15) is 0 Å². The van der Waals surface area contributed by atoms with E-state index in [1.165, 1.54) is 29.7 Å². The molecule has 0 aliphatic rings. The van der Waals surface area contributed by atoms with Gasteiger partial charge in [-0.25, -0.2) is 13.4 Å². The Bertz CT molecular complexity index is 657. The van der Waals surface area contributed by atoms with Crippen molar-refractivity contribution in [1.82, 2.24) is 14.3 Å². The molecular formula is C13H15N3O3S. The van der Waals surface area contributed by atoms with Gasteiger partial charge in [0.15, 0.2) is 5.03 Å². The van der Waals surface area contributed by atoms with Crippen molar-refractivity contribution in [1.29, 1.82) is 0 Å². The maximum atomic E-state index is 12.3. The van der Waals surface area contributed by atoms with E-state index in [0.717, 1.165) is 5.56 Å². The Hall–Kier alpha value is -1.83. The Balaban J connectivity index is 2.20. The van der Waals surface area contributed by atoms with Crippen molar-refractivity contribution in [2.45, 2.75) is 18.2 Å². The van der Waals surface area contributed by atoms with E-state index in [1.54, 1.807) is 24.5 Å². The Kier molecular flexibility index (Phi) is 4.43. The molecule has 2 heterocycles. The van der Waals surface area contributed by atoms with Crippen LogP contribution < -0.4 is 0 Å². The van der Waals surface area contributed by atoms with Crippen molar-refractivity contribution in [3.63, 3.8) is 0 Å². The minimum Gasteiger partial charge on any atom is -0.392 e. The molecule has 0 saturated heterocycles. The van der Waals surface area contributed by atoms with E-state index in [2.05, 4.69) is 9.97 Å². The summed E-state index contributed by atoms with van der Waals surface area (Å²) in [4.78, 5) is 7.83. The highest BCUT2D eigenvalue weighted by atomic mass is 32.2. The highest BCUT2D eigenvalue weighted by Gasteiger charge is 2.22. The van der Waals surface area contributed by atoms with E-state index in [4.69, 9.17) is 5.11 Å². The molecule has 2 aromatic rings. The Morgan fingerprint density at radius 2 is 2.00 bits per heavy atom. The largest absolute Gasteiger partial charge is 0.392 e. The van der Waals surface area contributed by atoms with Gasteiger partial charge in [-0.1, -0.05) is 12.1 Å². The Morgan fingerprint density at radius 1 is 1.20 bits per heavy atom. The molecular weight excluding hydrogens is 278 g/mol. The molecule has 0 unspecified atom stereocenters. The lowest BCUT2D eigenvalue weighted by Gasteiger charge is -2.16. The molecule has 6 nitrogen and oxygen atoms in total. The summed E-state index contributed by atoms with van der Waals surface area (Å²) in [6.07, 6.45) is 4.60. The molecule has 0 aromatic carbocycles. The van der Waals surface area contributed by atoms with E-state index < -0.39 is 10.0 Å². The quantitative estimate of drug-likeness (QED) is 0.881. The zero-order valence-corrected chi connectivity index (χ0v) is 11.8. The maximum absolute atomic E-state index is 12.3. The molecule has 2 rings (SSSR count). The van der Waals surface area contributed by atoms with Crippen molar-refractivity contribution in [3.8, 4) is 0 Å². The normalized spacial score (nSPS) is 11.8. The molecule has 0 saturated carbocycles. The van der Waals surface area contributed by atoms with Crippen LogP contribution in [0.3, 0.4) is 0 Å². The van der Waals surface area contributed by atoms with Crippen LogP contribution in [-0.4, -0.2) is 34.8 Å². The molecule has 1 N–H and O–H groups in total. The van der Waals surface area contributed by atoms with E-state index >= 15 is 0 Å². The predicted molar refractivity (Wildman–Crippen MR) is 73.0 cm³/mol. The summed E-state index contributed by atoms with van der Waals surface area (Å²) in [5.74, 6) is 0. The van der Waals surface area contributed by atoms with Crippen molar-refractivity contribution in [3.05, 3.63) is 54.0 Å².